The lowest BCUT2D eigenvalue weighted by molar-refractivity contribution is -0.119. The molecule has 0 atom stereocenters. The number of methoxy groups -OCH3 is 1. The van der Waals surface area contributed by atoms with Crippen molar-refractivity contribution in [3.05, 3.63) is 0 Å². The van der Waals surface area contributed by atoms with E-state index in [0.717, 1.165) is 13.1 Å². The molecule has 0 aliphatic carbocycles. The van der Waals surface area contributed by atoms with Crippen molar-refractivity contribution in [1.82, 2.24) is 4.90 Å². The lowest BCUT2D eigenvalue weighted by Gasteiger charge is -2.47. The Kier molecular flexibility index (Phi) is 2.32. The molecule has 0 radical (unpaired) electrons. The number of nitrogens with zero attached hydrogens (tertiary/aromatic N) is 1. The maximum absolute atomic E-state index is 5.44. The topological polar surface area (TPSA) is 12.5 Å². The average molecular weight is 143 g/mol. The van der Waals surface area contributed by atoms with E-state index in [1.807, 2.05) is 7.11 Å². The van der Waals surface area contributed by atoms with Crippen LogP contribution in [0.5, 0.6) is 0 Å². The maximum atomic E-state index is 5.44. The summed E-state index contributed by atoms with van der Waals surface area (Å²) in [4.78, 5) is 2.29. The van der Waals surface area contributed by atoms with Crippen LogP contribution in [0.4, 0.5) is 0 Å². The zero-order valence-electron chi connectivity index (χ0n) is 7.18. The minimum Gasteiger partial charge on any atom is -0.376 e. The Morgan fingerprint density at radius 1 is 1.50 bits per heavy atom. The summed E-state index contributed by atoms with van der Waals surface area (Å²) in [6.45, 7) is 4.42. The van der Waals surface area contributed by atoms with Crippen LogP contribution in [-0.4, -0.2) is 37.7 Å². The zero-order chi connectivity index (χ0) is 7.61. The number of hydrogen-bond acceptors (Lipinski definition) is 2. The summed E-state index contributed by atoms with van der Waals surface area (Å²) in [6, 6.07) is 0. The molecule has 60 valence electrons. The molecule has 0 N–H and O–H groups in total. The number of likely N-dealkylation sites (N-methyl/N-ethyl adjacent to an activating group) is 1. The van der Waals surface area contributed by atoms with Gasteiger partial charge in [0.2, 0.25) is 0 Å². The molecule has 0 aromatic carbocycles. The van der Waals surface area contributed by atoms with Crippen LogP contribution < -0.4 is 0 Å². The van der Waals surface area contributed by atoms with Crippen LogP contribution in [0.2, 0.25) is 0 Å². The summed E-state index contributed by atoms with van der Waals surface area (Å²) in [5.41, 5.74) is 0.212. The minimum absolute atomic E-state index is 0.212. The van der Waals surface area contributed by atoms with Gasteiger partial charge >= 0.3 is 0 Å². The van der Waals surface area contributed by atoms with E-state index in [0.29, 0.717) is 0 Å². The Morgan fingerprint density at radius 2 is 2.10 bits per heavy atom. The molecule has 0 unspecified atom stereocenters. The summed E-state index contributed by atoms with van der Waals surface area (Å²) in [6.07, 6.45) is 2.43. The smallest absolute Gasteiger partial charge is 0.0930 e. The standard InChI is InChI=1S/C8H17NO/c1-4-5-8(10-3)6-9(2)7-8/h4-7H2,1-3H3. The molecule has 2 heteroatoms. The quantitative estimate of drug-likeness (QED) is 0.587. The van der Waals surface area contributed by atoms with E-state index in [1.165, 1.54) is 12.8 Å². The van der Waals surface area contributed by atoms with Crippen molar-refractivity contribution in [2.24, 2.45) is 0 Å². The lowest BCUT2D eigenvalue weighted by Crippen LogP contribution is -2.60. The van der Waals surface area contributed by atoms with Gasteiger partial charge in [0, 0.05) is 20.2 Å². The largest absolute Gasteiger partial charge is 0.376 e. The SMILES string of the molecule is CCCC1(OC)CN(C)C1. The third kappa shape index (κ3) is 1.32. The first kappa shape index (κ1) is 8.02. The van der Waals surface area contributed by atoms with Crippen molar-refractivity contribution in [3.8, 4) is 0 Å². The molecular formula is C8H17NO. The fourth-order valence-corrected chi connectivity index (χ4v) is 1.78. The average Bonchev–Trinajstić information content (AvgIpc) is 1.84. The van der Waals surface area contributed by atoms with Crippen LogP contribution in [0.1, 0.15) is 19.8 Å². The molecule has 0 spiro atoms. The Hall–Kier alpha value is -0.0800. The van der Waals surface area contributed by atoms with Crippen LogP contribution in [0.3, 0.4) is 0 Å². The first-order valence-corrected chi connectivity index (χ1v) is 3.96. The van der Waals surface area contributed by atoms with Crippen LogP contribution in [0.15, 0.2) is 0 Å². The van der Waals surface area contributed by atoms with Gasteiger partial charge in [-0.3, -0.25) is 0 Å². The highest BCUT2D eigenvalue weighted by Gasteiger charge is 2.39. The van der Waals surface area contributed by atoms with E-state index in [-0.39, 0.29) is 5.60 Å². The summed E-state index contributed by atoms with van der Waals surface area (Å²) >= 11 is 0. The monoisotopic (exact) mass is 143 g/mol. The number of hydrogen-bond donors (Lipinski definition) is 0. The van der Waals surface area contributed by atoms with Crippen LogP contribution >= 0.6 is 0 Å². The highest BCUT2D eigenvalue weighted by atomic mass is 16.5. The molecule has 1 fully saturated rings. The summed E-state index contributed by atoms with van der Waals surface area (Å²) in [5.74, 6) is 0. The molecule has 0 aromatic rings. The number of ether oxygens (including phenoxy) is 1. The summed E-state index contributed by atoms with van der Waals surface area (Å²) in [5, 5.41) is 0. The summed E-state index contributed by atoms with van der Waals surface area (Å²) < 4.78 is 5.44. The molecular weight excluding hydrogens is 126 g/mol. The highest BCUT2D eigenvalue weighted by molar-refractivity contribution is 4.94. The maximum Gasteiger partial charge on any atom is 0.0930 e. The molecule has 0 bridgehead atoms. The van der Waals surface area contributed by atoms with Crippen LogP contribution in [0.25, 0.3) is 0 Å². The molecule has 10 heavy (non-hydrogen) atoms. The normalized spacial score (nSPS) is 24.3. The van der Waals surface area contributed by atoms with Gasteiger partial charge in [0.15, 0.2) is 0 Å². The molecule has 1 saturated heterocycles. The number of likely N-dealkylation sites (tertiary alicyclic amines) is 1. The Labute approximate surface area is 63.2 Å². The van der Waals surface area contributed by atoms with Gasteiger partial charge in [0.1, 0.15) is 0 Å². The van der Waals surface area contributed by atoms with E-state index in [2.05, 4.69) is 18.9 Å². The second kappa shape index (κ2) is 2.89. The molecule has 1 heterocycles. The predicted molar refractivity (Wildman–Crippen MR) is 42.1 cm³/mol. The Balaban J connectivity index is 2.32. The lowest BCUT2D eigenvalue weighted by atomic mass is 9.90. The van der Waals surface area contributed by atoms with E-state index in [9.17, 15) is 0 Å². The molecule has 0 aromatic heterocycles. The van der Waals surface area contributed by atoms with Crippen LogP contribution in [0, 0.1) is 0 Å². The van der Waals surface area contributed by atoms with Gasteiger partial charge in [-0.05, 0) is 13.5 Å². The highest BCUT2D eigenvalue weighted by Crippen LogP contribution is 2.27. The van der Waals surface area contributed by atoms with Gasteiger partial charge in [0.05, 0.1) is 5.60 Å². The first-order valence-electron chi connectivity index (χ1n) is 3.96. The van der Waals surface area contributed by atoms with E-state index < -0.39 is 0 Å². The van der Waals surface area contributed by atoms with Crippen molar-refractivity contribution < 1.29 is 4.74 Å². The zero-order valence-corrected chi connectivity index (χ0v) is 7.18. The van der Waals surface area contributed by atoms with Gasteiger partial charge in [0.25, 0.3) is 0 Å². The van der Waals surface area contributed by atoms with Crippen molar-refractivity contribution in [3.63, 3.8) is 0 Å². The fourth-order valence-electron chi connectivity index (χ4n) is 1.78. The van der Waals surface area contributed by atoms with Gasteiger partial charge < -0.3 is 9.64 Å². The molecule has 0 saturated carbocycles. The third-order valence-electron chi connectivity index (χ3n) is 2.25. The predicted octanol–water partition coefficient (Wildman–Crippen LogP) is 1.12. The molecule has 1 rings (SSSR count). The van der Waals surface area contributed by atoms with E-state index >= 15 is 0 Å². The van der Waals surface area contributed by atoms with Crippen molar-refractivity contribution in [2.45, 2.75) is 25.4 Å². The second-order valence-corrected chi connectivity index (χ2v) is 3.31. The summed E-state index contributed by atoms with van der Waals surface area (Å²) in [7, 11) is 3.95. The van der Waals surface area contributed by atoms with E-state index in [1.54, 1.807) is 0 Å². The second-order valence-electron chi connectivity index (χ2n) is 3.31. The molecule has 1 aliphatic rings. The Bertz CT molecular complexity index is 102. The van der Waals surface area contributed by atoms with Gasteiger partial charge in [-0.15, -0.1) is 0 Å². The Morgan fingerprint density at radius 3 is 2.40 bits per heavy atom. The van der Waals surface area contributed by atoms with Gasteiger partial charge in [-0.2, -0.15) is 0 Å². The first-order chi connectivity index (χ1) is 4.72. The van der Waals surface area contributed by atoms with Gasteiger partial charge in [-0.25, -0.2) is 0 Å². The molecule has 1 aliphatic heterocycles. The third-order valence-corrected chi connectivity index (χ3v) is 2.25. The van der Waals surface area contributed by atoms with Crippen molar-refractivity contribution in [1.29, 1.82) is 0 Å². The fraction of sp³-hybridized carbons (Fsp3) is 1.00. The number of rotatable bonds is 3. The molecule has 2 nitrogen and oxygen atoms in total. The van der Waals surface area contributed by atoms with Crippen molar-refractivity contribution in [2.75, 3.05) is 27.2 Å². The van der Waals surface area contributed by atoms with Gasteiger partial charge in [-0.1, -0.05) is 13.3 Å². The van der Waals surface area contributed by atoms with Crippen LogP contribution in [-0.2, 0) is 4.74 Å². The minimum atomic E-state index is 0.212. The van der Waals surface area contributed by atoms with E-state index in [4.69, 9.17) is 4.74 Å². The molecule has 0 amide bonds. The van der Waals surface area contributed by atoms with Crippen molar-refractivity contribution >= 4 is 0 Å².